The molecule has 0 aromatic heterocycles. The minimum Gasteiger partial charge on any atom is -0.337 e. The van der Waals surface area contributed by atoms with Crippen molar-refractivity contribution in [2.45, 2.75) is 19.9 Å². The van der Waals surface area contributed by atoms with Gasteiger partial charge < -0.3 is 10.6 Å². The zero-order chi connectivity index (χ0) is 12.0. The van der Waals surface area contributed by atoms with Crippen molar-refractivity contribution in [2.75, 3.05) is 13.1 Å². The van der Waals surface area contributed by atoms with E-state index in [-0.39, 0.29) is 5.91 Å². The molecule has 1 amide bonds. The molecule has 0 spiro atoms. The van der Waals surface area contributed by atoms with Gasteiger partial charge in [0, 0.05) is 31.1 Å². The van der Waals surface area contributed by atoms with Crippen molar-refractivity contribution < 1.29 is 4.79 Å². The van der Waals surface area contributed by atoms with Crippen LogP contribution in [0.3, 0.4) is 0 Å². The topological polar surface area (TPSA) is 46.3 Å². The molecule has 0 saturated heterocycles. The van der Waals surface area contributed by atoms with E-state index in [4.69, 9.17) is 17.3 Å². The zero-order valence-corrected chi connectivity index (χ0v) is 10.2. The standard InChI is InChI=1S/C12H17ClN2O/c1-2-12(16)15(7-6-14)9-10-4-3-5-11(13)8-10/h3-5,8H,2,6-7,9,14H2,1H3. The van der Waals surface area contributed by atoms with Crippen LogP contribution in [-0.2, 0) is 11.3 Å². The summed E-state index contributed by atoms with van der Waals surface area (Å²) in [6, 6.07) is 7.53. The van der Waals surface area contributed by atoms with Crippen LogP contribution < -0.4 is 5.73 Å². The summed E-state index contributed by atoms with van der Waals surface area (Å²) < 4.78 is 0. The minimum atomic E-state index is 0.116. The summed E-state index contributed by atoms with van der Waals surface area (Å²) >= 11 is 5.89. The molecule has 2 N–H and O–H groups in total. The number of hydrogen-bond acceptors (Lipinski definition) is 2. The van der Waals surface area contributed by atoms with Crippen molar-refractivity contribution >= 4 is 17.5 Å². The number of carbonyl (C=O) groups is 1. The van der Waals surface area contributed by atoms with Gasteiger partial charge in [0.15, 0.2) is 0 Å². The largest absolute Gasteiger partial charge is 0.337 e. The Bertz CT molecular complexity index is 355. The zero-order valence-electron chi connectivity index (χ0n) is 9.45. The molecule has 4 heteroatoms. The molecule has 0 aliphatic heterocycles. The van der Waals surface area contributed by atoms with Gasteiger partial charge >= 0.3 is 0 Å². The van der Waals surface area contributed by atoms with Crippen LogP contribution in [0.25, 0.3) is 0 Å². The second kappa shape index (κ2) is 6.51. The van der Waals surface area contributed by atoms with E-state index >= 15 is 0 Å². The van der Waals surface area contributed by atoms with Crippen LogP contribution in [0.4, 0.5) is 0 Å². The van der Waals surface area contributed by atoms with Gasteiger partial charge in [-0.15, -0.1) is 0 Å². The Kier molecular flexibility index (Phi) is 5.29. The van der Waals surface area contributed by atoms with Crippen LogP contribution in [0.1, 0.15) is 18.9 Å². The van der Waals surface area contributed by atoms with Crippen molar-refractivity contribution in [3.8, 4) is 0 Å². The van der Waals surface area contributed by atoms with E-state index in [9.17, 15) is 4.79 Å². The van der Waals surface area contributed by atoms with Crippen molar-refractivity contribution in [1.29, 1.82) is 0 Å². The smallest absolute Gasteiger partial charge is 0.222 e. The maximum Gasteiger partial charge on any atom is 0.222 e. The van der Waals surface area contributed by atoms with E-state index < -0.39 is 0 Å². The number of rotatable bonds is 5. The molecule has 0 bridgehead atoms. The maximum absolute atomic E-state index is 11.6. The fourth-order valence-corrected chi connectivity index (χ4v) is 1.74. The van der Waals surface area contributed by atoms with Gasteiger partial charge in [0.25, 0.3) is 0 Å². The number of halogens is 1. The number of nitrogens with two attached hydrogens (primary N) is 1. The Hall–Kier alpha value is -1.06. The minimum absolute atomic E-state index is 0.116. The predicted octanol–water partition coefficient (Wildman–Crippen LogP) is 2.04. The molecule has 0 aliphatic carbocycles. The molecule has 1 aromatic carbocycles. The van der Waals surface area contributed by atoms with Crippen LogP contribution in [0.2, 0.25) is 5.02 Å². The summed E-state index contributed by atoms with van der Waals surface area (Å²) in [6.07, 6.45) is 0.501. The summed E-state index contributed by atoms with van der Waals surface area (Å²) in [5, 5.41) is 0.689. The first-order valence-electron chi connectivity index (χ1n) is 5.39. The Morgan fingerprint density at radius 3 is 2.81 bits per heavy atom. The summed E-state index contributed by atoms with van der Waals surface area (Å²) in [4.78, 5) is 13.4. The molecule has 3 nitrogen and oxygen atoms in total. The Morgan fingerprint density at radius 1 is 1.50 bits per heavy atom. The first-order chi connectivity index (χ1) is 7.67. The lowest BCUT2D eigenvalue weighted by Crippen LogP contribution is -2.34. The molecule has 0 atom stereocenters. The highest BCUT2D eigenvalue weighted by Gasteiger charge is 2.10. The second-order valence-electron chi connectivity index (χ2n) is 3.59. The second-order valence-corrected chi connectivity index (χ2v) is 4.02. The number of amides is 1. The average Bonchev–Trinajstić information content (AvgIpc) is 2.27. The molecular weight excluding hydrogens is 224 g/mol. The molecule has 0 heterocycles. The maximum atomic E-state index is 11.6. The third kappa shape index (κ3) is 3.83. The summed E-state index contributed by atoms with van der Waals surface area (Å²) in [7, 11) is 0. The van der Waals surface area contributed by atoms with Crippen LogP contribution in [0.15, 0.2) is 24.3 Å². The molecule has 1 aromatic rings. The van der Waals surface area contributed by atoms with E-state index in [1.54, 1.807) is 4.90 Å². The third-order valence-electron chi connectivity index (χ3n) is 2.32. The summed E-state index contributed by atoms with van der Waals surface area (Å²) in [5.41, 5.74) is 6.52. The molecule has 0 unspecified atom stereocenters. The Labute approximate surface area is 101 Å². The number of benzene rings is 1. The van der Waals surface area contributed by atoms with Crippen LogP contribution in [-0.4, -0.2) is 23.9 Å². The summed E-state index contributed by atoms with van der Waals surface area (Å²) in [5.74, 6) is 0.116. The Balaban J connectivity index is 2.71. The third-order valence-corrected chi connectivity index (χ3v) is 2.55. The molecule has 0 radical (unpaired) electrons. The first-order valence-corrected chi connectivity index (χ1v) is 5.77. The van der Waals surface area contributed by atoms with Crippen molar-refractivity contribution in [2.24, 2.45) is 5.73 Å². The van der Waals surface area contributed by atoms with Gasteiger partial charge in [0.2, 0.25) is 5.91 Å². The average molecular weight is 241 g/mol. The van der Waals surface area contributed by atoms with E-state index in [1.165, 1.54) is 0 Å². The van der Waals surface area contributed by atoms with Crippen molar-refractivity contribution in [3.63, 3.8) is 0 Å². The van der Waals surface area contributed by atoms with Crippen LogP contribution in [0.5, 0.6) is 0 Å². The van der Waals surface area contributed by atoms with Crippen LogP contribution in [0, 0.1) is 0 Å². The predicted molar refractivity (Wildman–Crippen MR) is 66.2 cm³/mol. The number of hydrogen-bond donors (Lipinski definition) is 1. The molecule has 0 saturated carbocycles. The lowest BCUT2D eigenvalue weighted by molar-refractivity contribution is -0.131. The van der Waals surface area contributed by atoms with Gasteiger partial charge in [0.1, 0.15) is 0 Å². The molecular formula is C12H17ClN2O. The molecule has 0 aliphatic rings. The van der Waals surface area contributed by atoms with Gasteiger partial charge in [-0.2, -0.15) is 0 Å². The molecule has 0 fully saturated rings. The van der Waals surface area contributed by atoms with Gasteiger partial charge in [-0.05, 0) is 17.7 Å². The van der Waals surface area contributed by atoms with E-state index in [1.807, 2.05) is 31.2 Å². The van der Waals surface area contributed by atoms with Gasteiger partial charge in [0.05, 0.1) is 0 Å². The van der Waals surface area contributed by atoms with E-state index in [2.05, 4.69) is 0 Å². The van der Waals surface area contributed by atoms with Gasteiger partial charge in [-0.25, -0.2) is 0 Å². The number of carbonyl (C=O) groups excluding carboxylic acids is 1. The molecule has 88 valence electrons. The van der Waals surface area contributed by atoms with Crippen molar-refractivity contribution in [1.82, 2.24) is 4.90 Å². The van der Waals surface area contributed by atoms with Gasteiger partial charge in [-0.3, -0.25) is 4.79 Å². The van der Waals surface area contributed by atoms with Crippen molar-refractivity contribution in [3.05, 3.63) is 34.9 Å². The molecule has 1 rings (SSSR count). The fourth-order valence-electron chi connectivity index (χ4n) is 1.53. The van der Waals surface area contributed by atoms with Gasteiger partial charge in [-0.1, -0.05) is 30.7 Å². The number of nitrogens with zero attached hydrogens (tertiary/aromatic N) is 1. The molecule has 16 heavy (non-hydrogen) atoms. The SMILES string of the molecule is CCC(=O)N(CCN)Cc1cccc(Cl)c1. The highest BCUT2D eigenvalue weighted by molar-refractivity contribution is 6.30. The summed E-state index contributed by atoms with van der Waals surface area (Å²) in [6.45, 7) is 3.49. The first kappa shape index (κ1) is 13.0. The lowest BCUT2D eigenvalue weighted by atomic mass is 10.2. The fraction of sp³-hybridized carbons (Fsp3) is 0.417. The van der Waals surface area contributed by atoms with Crippen LogP contribution >= 0.6 is 11.6 Å². The highest BCUT2D eigenvalue weighted by atomic mass is 35.5. The van der Waals surface area contributed by atoms with E-state index in [0.29, 0.717) is 31.1 Å². The monoisotopic (exact) mass is 240 g/mol. The quantitative estimate of drug-likeness (QED) is 0.856. The highest BCUT2D eigenvalue weighted by Crippen LogP contribution is 2.13. The normalized spacial score (nSPS) is 10.2. The van der Waals surface area contributed by atoms with E-state index in [0.717, 1.165) is 5.56 Å². The Morgan fingerprint density at radius 2 is 2.25 bits per heavy atom. The lowest BCUT2D eigenvalue weighted by Gasteiger charge is -2.21.